The molecule has 22 heavy (non-hydrogen) atoms. The van der Waals surface area contributed by atoms with Gasteiger partial charge in [0, 0.05) is 11.8 Å². The van der Waals surface area contributed by atoms with Gasteiger partial charge in [-0.25, -0.2) is 4.98 Å². The van der Waals surface area contributed by atoms with Gasteiger partial charge >= 0.3 is 0 Å². The highest BCUT2D eigenvalue weighted by Crippen LogP contribution is 2.26. The van der Waals surface area contributed by atoms with E-state index in [0.717, 1.165) is 11.0 Å². The number of carbonyl (C=O) groups excluding carboxylic acids is 1. The van der Waals surface area contributed by atoms with Crippen LogP contribution in [0.4, 0.5) is 11.4 Å². The molecule has 6 nitrogen and oxygen atoms in total. The number of benzene rings is 2. The van der Waals surface area contributed by atoms with Gasteiger partial charge < -0.3 is 20.4 Å². The number of anilines is 2. The molecule has 0 fully saturated rings. The van der Waals surface area contributed by atoms with Gasteiger partial charge in [0.25, 0.3) is 0 Å². The van der Waals surface area contributed by atoms with Crippen LogP contribution in [-0.4, -0.2) is 22.6 Å². The number of aromatic nitrogens is 2. The van der Waals surface area contributed by atoms with Crippen molar-refractivity contribution >= 4 is 28.3 Å². The molecule has 3 rings (SSSR count). The maximum atomic E-state index is 12.2. The SMILES string of the molecule is COc1cc(N)ccc1NC(=O)Cn1cnc2ccccc21. The molecule has 112 valence electrons. The van der Waals surface area contributed by atoms with Gasteiger partial charge in [-0.05, 0) is 24.3 Å². The Morgan fingerprint density at radius 2 is 2.14 bits per heavy atom. The number of imidazole rings is 1. The summed E-state index contributed by atoms with van der Waals surface area (Å²) in [6, 6.07) is 12.8. The zero-order chi connectivity index (χ0) is 15.5. The summed E-state index contributed by atoms with van der Waals surface area (Å²) in [6.07, 6.45) is 1.66. The first kappa shape index (κ1) is 13.9. The quantitative estimate of drug-likeness (QED) is 0.724. The molecule has 0 saturated carbocycles. The summed E-state index contributed by atoms with van der Waals surface area (Å²) in [5.41, 5.74) is 8.65. The van der Waals surface area contributed by atoms with Crippen LogP contribution in [-0.2, 0) is 11.3 Å². The van der Waals surface area contributed by atoms with Crippen molar-refractivity contribution < 1.29 is 9.53 Å². The lowest BCUT2D eigenvalue weighted by molar-refractivity contribution is -0.116. The first-order valence-electron chi connectivity index (χ1n) is 6.80. The summed E-state index contributed by atoms with van der Waals surface area (Å²) in [4.78, 5) is 16.5. The van der Waals surface area contributed by atoms with Gasteiger partial charge in [0.15, 0.2) is 0 Å². The fourth-order valence-electron chi connectivity index (χ4n) is 2.29. The van der Waals surface area contributed by atoms with E-state index in [-0.39, 0.29) is 12.5 Å². The number of nitrogens with one attached hydrogen (secondary N) is 1. The zero-order valence-corrected chi connectivity index (χ0v) is 12.1. The predicted molar refractivity (Wildman–Crippen MR) is 85.8 cm³/mol. The van der Waals surface area contributed by atoms with E-state index in [9.17, 15) is 4.79 Å². The smallest absolute Gasteiger partial charge is 0.244 e. The molecule has 0 aliphatic rings. The van der Waals surface area contributed by atoms with Crippen LogP contribution in [0.15, 0.2) is 48.8 Å². The summed E-state index contributed by atoms with van der Waals surface area (Å²) in [7, 11) is 1.54. The summed E-state index contributed by atoms with van der Waals surface area (Å²) < 4.78 is 7.02. The second kappa shape index (κ2) is 5.77. The number of para-hydroxylation sites is 2. The van der Waals surface area contributed by atoms with Gasteiger partial charge in [-0.3, -0.25) is 4.79 Å². The van der Waals surface area contributed by atoms with Crippen LogP contribution in [0.25, 0.3) is 11.0 Å². The molecular formula is C16H16N4O2. The van der Waals surface area contributed by atoms with Crippen molar-refractivity contribution in [2.75, 3.05) is 18.2 Å². The Morgan fingerprint density at radius 1 is 1.32 bits per heavy atom. The van der Waals surface area contributed by atoms with Gasteiger partial charge in [-0.1, -0.05) is 12.1 Å². The fraction of sp³-hybridized carbons (Fsp3) is 0.125. The molecule has 1 aromatic heterocycles. The molecule has 0 aliphatic heterocycles. The maximum Gasteiger partial charge on any atom is 0.244 e. The Kier molecular flexibility index (Phi) is 3.65. The van der Waals surface area contributed by atoms with Gasteiger partial charge in [0.2, 0.25) is 5.91 Å². The molecule has 0 aliphatic carbocycles. The lowest BCUT2D eigenvalue weighted by Gasteiger charge is -2.11. The number of nitrogen functional groups attached to an aromatic ring is 1. The fourth-order valence-corrected chi connectivity index (χ4v) is 2.29. The third-order valence-electron chi connectivity index (χ3n) is 3.34. The van der Waals surface area contributed by atoms with Crippen molar-refractivity contribution in [2.24, 2.45) is 0 Å². The van der Waals surface area contributed by atoms with Crippen LogP contribution in [0.5, 0.6) is 5.75 Å². The summed E-state index contributed by atoms with van der Waals surface area (Å²) in [5, 5.41) is 2.82. The third kappa shape index (κ3) is 2.71. The Morgan fingerprint density at radius 3 is 2.95 bits per heavy atom. The topological polar surface area (TPSA) is 82.2 Å². The minimum atomic E-state index is -0.161. The number of fused-ring (bicyclic) bond motifs is 1. The number of ether oxygens (including phenoxy) is 1. The van der Waals surface area contributed by atoms with Crippen LogP contribution in [0.2, 0.25) is 0 Å². The van der Waals surface area contributed by atoms with Crippen LogP contribution < -0.4 is 15.8 Å². The van der Waals surface area contributed by atoms with E-state index < -0.39 is 0 Å². The molecule has 0 bridgehead atoms. The van der Waals surface area contributed by atoms with Gasteiger partial charge in [0.1, 0.15) is 12.3 Å². The monoisotopic (exact) mass is 296 g/mol. The first-order valence-corrected chi connectivity index (χ1v) is 6.80. The number of nitrogens with zero attached hydrogens (tertiary/aromatic N) is 2. The van der Waals surface area contributed by atoms with Crippen LogP contribution >= 0.6 is 0 Å². The Balaban J connectivity index is 1.78. The molecular weight excluding hydrogens is 280 g/mol. The molecule has 0 spiro atoms. The number of rotatable bonds is 4. The Hall–Kier alpha value is -3.02. The van der Waals surface area contributed by atoms with E-state index in [1.807, 2.05) is 24.3 Å². The van der Waals surface area contributed by atoms with Crippen molar-refractivity contribution in [3.63, 3.8) is 0 Å². The summed E-state index contributed by atoms with van der Waals surface area (Å²) in [6.45, 7) is 0.175. The molecule has 3 N–H and O–H groups in total. The van der Waals surface area contributed by atoms with Gasteiger partial charge in [-0.15, -0.1) is 0 Å². The molecule has 0 radical (unpaired) electrons. The molecule has 0 saturated heterocycles. The number of hydrogen-bond acceptors (Lipinski definition) is 4. The van der Waals surface area contributed by atoms with Gasteiger partial charge in [-0.2, -0.15) is 0 Å². The number of methoxy groups -OCH3 is 1. The number of nitrogens with two attached hydrogens (primary N) is 1. The van der Waals surface area contributed by atoms with E-state index in [0.29, 0.717) is 17.1 Å². The predicted octanol–water partition coefficient (Wildman–Crippen LogP) is 2.27. The molecule has 1 amide bonds. The Bertz CT molecular complexity index is 826. The third-order valence-corrected chi connectivity index (χ3v) is 3.34. The second-order valence-electron chi connectivity index (χ2n) is 4.87. The molecule has 1 heterocycles. The highest BCUT2D eigenvalue weighted by molar-refractivity contribution is 5.93. The number of hydrogen-bond donors (Lipinski definition) is 2. The van der Waals surface area contributed by atoms with Crippen molar-refractivity contribution in [3.05, 3.63) is 48.8 Å². The second-order valence-corrected chi connectivity index (χ2v) is 4.87. The first-order chi connectivity index (χ1) is 10.7. The average Bonchev–Trinajstić information content (AvgIpc) is 2.92. The minimum Gasteiger partial charge on any atom is -0.494 e. The van der Waals surface area contributed by atoms with Crippen molar-refractivity contribution in [2.45, 2.75) is 6.54 Å². The van der Waals surface area contributed by atoms with E-state index in [1.165, 1.54) is 7.11 Å². The Labute approximate surface area is 127 Å². The standard InChI is InChI=1S/C16H16N4O2/c1-22-15-8-11(17)6-7-13(15)19-16(21)9-20-10-18-12-4-2-3-5-14(12)20/h2-8,10H,9,17H2,1H3,(H,19,21). The van der Waals surface area contributed by atoms with Crippen LogP contribution in [0, 0.1) is 0 Å². The zero-order valence-electron chi connectivity index (χ0n) is 12.1. The van der Waals surface area contributed by atoms with E-state index in [1.54, 1.807) is 29.1 Å². The lowest BCUT2D eigenvalue weighted by Crippen LogP contribution is -2.18. The molecule has 0 unspecified atom stereocenters. The van der Waals surface area contributed by atoms with Crippen LogP contribution in [0.1, 0.15) is 0 Å². The number of amides is 1. The lowest BCUT2D eigenvalue weighted by atomic mass is 10.2. The van der Waals surface area contributed by atoms with E-state index >= 15 is 0 Å². The summed E-state index contributed by atoms with van der Waals surface area (Å²) in [5.74, 6) is 0.370. The highest BCUT2D eigenvalue weighted by Gasteiger charge is 2.10. The normalized spacial score (nSPS) is 10.6. The highest BCUT2D eigenvalue weighted by atomic mass is 16.5. The van der Waals surface area contributed by atoms with E-state index in [2.05, 4.69) is 10.3 Å². The minimum absolute atomic E-state index is 0.161. The summed E-state index contributed by atoms with van der Waals surface area (Å²) >= 11 is 0. The largest absolute Gasteiger partial charge is 0.494 e. The molecule has 6 heteroatoms. The average molecular weight is 296 g/mol. The van der Waals surface area contributed by atoms with E-state index in [4.69, 9.17) is 10.5 Å². The molecule has 3 aromatic rings. The van der Waals surface area contributed by atoms with Gasteiger partial charge in [0.05, 0.1) is 30.2 Å². The van der Waals surface area contributed by atoms with Crippen molar-refractivity contribution in [3.8, 4) is 5.75 Å². The van der Waals surface area contributed by atoms with Crippen molar-refractivity contribution in [1.29, 1.82) is 0 Å². The maximum absolute atomic E-state index is 12.2. The number of carbonyl (C=O) groups is 1. The molecule has 2 aromatic carbocycles. The molecule has 0 atom stereocenters. The van der Waals surface area contributed by atoms with Crippen LogP contribution in [0.3, 0.4) is 0 Å². The van der Waals surface area contributed by atoms with Crippen molar-refractivity contribution in [1.82, 2.24) is 9.55 Å².